The fraction of sp³-hybridized carbons (Fsp3) is 0. The highest BCUT2D eigenvalue weighted by atomic mass is 16.3. The first kappa shape index (κ1) is 8.50. The number of furan rings is 1. The van der Waals surface area contributed by atoms with Gasteiger partial charge in [0.2, 0.25) is 0 Å². The van der Waals surface area contributed by atoms with Crippen LogP contribution in [0.1, 0.15) is 10.6 Å². The molecule has 0 saturated carbocycles. The van der Waals surface area contributed by atoms with Crippen LogP contribution in [-0.2, 0) is 0 Å². The van der Waals surface area contributed by atoms with Crippen molar-refractivity contribution < 1.29 is 14.2 Å². The molecule has 0 aliphatic heterocycles. The van der Waals surface area contributed by atoms with E-state index in [0.29, 0.717) is 11.4 Å². The summed E-state index contributed by atoms with van der Waals surface area (Å²) in [6, 6.07) is 6.88. The predicted molar refractivity (Wildman–Crippen MR) is 49.7 cm³/mol. The van der Waals surface area contributed by atoms with Crippen LogP contribution < -0.4 is 10.3 Å². The van der Waals surface area contributed by atoms with Gasteiger partial charge in [-0.2, -0.15) is 0 Å². The molecule has 0 aromatic carbocycles. The molecule has 0 saturated heterocycles. The van der Waals surface area contributed by atoms with Crippen LogP contribution in [0.15, 0.2) is 47.3 Å². The molecule has 0 bridgehead atoms. The Morgan fingerprint density at radius 1 is 1.36 bits per heavy atom. The van der Waals surface area contributed by atoms with Crippen LogP contribution in [0.25, 0.3) is 0 Å². The fourth-order valence-electron chi connectivity index (χ4n) is 1.07. The molecule has 70 valence electrons. The van der Waals surface area contributed by atoms with Gasteiger partial charge in [-0.1, -0.05) is 0 Å². The van der Waals surface area contributed by atoms with E-state index in [9.17, 15) is 4.79 Å². The second-order valence-electron chi connectivity index (χ2n) is 2.72. The third kappa shape index (κ3) is 1.80. The highest BCUT2D eigenvalue weighted by Gasteiger charge is 2.08. The maximum absolute atomic E-state index is 11.5. The van der Waals surface area contributed by atoms with E-state index >= 15 is 0 Å². The Hall–Kier alpha value is -2.10. The van der Waals surface area contributed by atoms with E-state index in [0.717, 1.165) is 0 Å². The summed E-state index contributed by atoms with van der Waals surface area (Å²) in [5, 5.41) is 2.68. The van der Waals surface area contributed by atoms with E-state index in [-0.39, 0.29) is 5.91 Å². The summed E-state index contributed by atoms with van der Waals surface area (Å²) < 4.78 is 4.95. The molecule has 0 aliphatic carbocycles. The maximum Gasteiger partial charge on any atom is 0.291 e. The Bertz CT molecular complexity index is 409. The van der Waals surface area contributed by atoms with Gasteiger partial charge in [0.05, 0.1) is 6.26 Å². The lowest BCUT2D eigenvalue weighted by Gasteiger charge is -1.98. The van der Waals surface area contributed by atoms with Gasteiger partial charge in [-0.25, -0.2) is 4.98 Å². The predicted octanol–water partition coefficient (Wildman–Crippen LogP) is 1.35. The monoisotopic (exact) mass is 189 g/mol. The van der Waals surface area contributed by atoms with Crippen molar-refractivity contribution in [3.8, 4) is 0 Å². The number of hydrogen-bond acceptors (Lipinski definition) is 2. The second kappa shape index (κ2) is 3.74. The van der Waals surface area contributed by atoms with Crippen LogP contribution in [0.5, 0.6) is 0 Å². The third-order valence-electron chi connectivity index (χ3n) is 1.71. The lowest BCUT2D eigenvalue weighted by atomic mass is 10.4. The fourth-order valence-corrected chi connectivity index (χ4v) is 1.07. The highest BCUT2D eigenvalue weighted by molar-refractivity contribution is 6.01. The van der Waals surface area contributed by atoms with E-state index < -0.39 is 0 Å². The van der Waals surface area contributed by atoms with E-state index in [2.05, 4.69) is 10.3 Å². The standard InChI is InChI=1S/C10H8N2O2/c13-10(9-4-2-6-14-9)12-8-3-1-5-11-7-8/h1-7H,(H,12,13)/p+1. The average molecular weight is 189 g/mol. The number of carbonyl (C=O) groups is 1. The number of hydrogen-bond donors (Lipinski definition) is 1. The van der Waals surface area contributed by atoms with Gasteiger partial charge in [-0.05, 0) is 18.2 Å². The van der Waals surface area contributed by atoms with Gasteiger partial charge in [0.15, 0.2) is 18.2 Å². The van der Waals surface area contributed by atoms with Gasteiger partial charge in [0.1, 0.15) is 5.69 Å². The Labute approximate surface area is 80.6 Å². The molecule has 1 amide bonds. The first-order valence-electron chi connectivity index (χ1n) is 4.17. The van der Waals surface area contributed by atoms with E-state index in [1.807, 2.05) is 0 Å². The van der Waals surface area contributed by atoms with Gasteiger partial charge in [-0.3, -0.25) is 4.79 Å². The van der Waals surface area contributed by atoms with Crippen LogP contribution in [0, 0.1) is 0 Å². The minimum Gasteiger partial charge on any atom is -0.459 e. The van der Waals surface area contributed by atoms with Crippen molar-refractivity contribution in [1.29, 1.82) is 0 Å². The number of H-pyrrole nitrogens is 1. The smallest absolute Gasteiger partial charge is 0.291 e. The zero-order valence-corrected chi connectivity index (χ0v) is 7.36. The lowest BCUT2D eigenvalue weighted by Crippen LogP contribution is -2.12. The van der Waals surface area contributed by atoms with Crippen molar-refractivity contribution in [2.24, 2.45) is 0 Å². The Morgan fingerprint density at radius 3 is 2.93 bits per heavy atom. The van der Waals surface area contributed by atoms with Crippen LogP contribution in [-0.4, -0.2) is 5.91 Å². The number of pyridine rings is 1. The minimum absolute atomic E-state index is 0.255. The minimum atomic E-state index is -0.255. The van der Waals surface area contributed by atoms with Crippen molar-refractivity contribution >= 4 is 11.6 Å². The zero-order valence-electron chi connectivity index (χ0n) is 7.36. The first-order valence-corrected chi connectivity index (χ1v) is 4.17. The highest BCUT2D eigenvalue weighted by Crippen LogP contribution is 2.06. The molecule has 14 heavy (non-hydrogen) atoms. The molecule has 0 spiro atoms. The number of nitrogens with one attached hydrogen (secondary N) is 2. The number of anilines is 1. The molecular weight excluding hydrogens is 180 g/mol. The number of rotatable bonds is 2. The number of carbonyl (C=O) groups excluding carboxylic acids is 1. The van der Waals surface area contributed by atoms with Crippen LogP contribution >= 0.6 is 0 Å². The number of aromatic amines is 1. The molecule has 0 atom stereocenters. The van der Waals surface area contributed by atoms with Crippen molar-refractivity contribution in [2.45, 2.75) is 0 Å². The summed E-state index contributed by atoms with van der Waals surface area (Å²) >= 11 is 0. The molecule has 2 aromatic heterocycles. The Balaban J connectivity index is 2.10. The van der Waals surface area contributed by atoms with Gasteiger partial charge >= 0.3 is 0 Å². The molecule has 2 N–H and O–H groups in total. The molecule has 2 heterocycles. The lowest BCUT2D eigenvalue weighted by molar-refractivity contribution is -0.377. The van der Waals surface area contributed by atoms with E-state index in [1.54, 1.807) is 36.7 Å². The summed E-state index contributed by atoms with van der Waals surface area (Å²) in [5.41, 5.74) is 0.703. The van der Waals surface area contributed by atoms with Crippen molar-refractivity contribution in [3.63, 3.8) is 0 Å². The molecule has 0 unspecified atom stereocenters. The van der Waals surface area contributed by atoms with Crippen LogP contribution in [0.3, 0.4) is 0 Å². The molecule has 4 nitrogen and oxygen atoms in total. The van der Waals surface area contributed by atoms with Crippen molar-refractivity contribution in [2.75, 3.05) is 5.32 Å². The first-order chi connectivity index (χ1) is 6.86. The molecule has 0 aliphatic rings. The van der Waals surface area contributed by atoms with Crippen molar-refractivity contribution in [1.82, 2.24) is 0 Å². The number of aromatic nitrogens is 1. The third-order valence-corrected chi connectivity index (χ3v) is 1.71. The molecular formula is C10H9N2O2+. The van der Waals surface area contributed by atoms with Gasteiger partial charge < -0.3 is 9.73 Å². The zero-order chi connectivity index (χ0) is 9.80. The van der Waals surface area contributed by atoms with Gasteiger partial charge in [-0.15, -0.1) is 0 Å². The summed E-state index contributed by atoms with van der Waals surface area (Å²) in [4.78, 5) is 14.3. The molecule has 4 heteroatoms. The van der Waals surface area contributed by atoms with E-state index in [1.165, 1.54) is 6.26 Å². The molecule has 2 rings (SSSR count). The summed E-state index contributed by atoms with van der Waals surface area (Å²) in [6.45, 7) is 0. The maximum atomic E-state index is 11.5. The quantitative estimate of drug-likeness (QED) is 0.775. The normalized spacial score (nSPS) is 9.71. The topological polar surface area (TPSA) is 56.4 Å². The summed E-state index contributed by atoms with van der Waals surface area (Å²) in [7, 11) is 0. The summed E-state index contributed by atoms with van der Waals surface area (Å²) in [5.74, 6) is 0.0449. The molecule has 0 fully saturated rings. The SMILES string of the molecule is O=C(Nc1ccc[nH+]c1)c1ccco1. The second-order valence-corrected chi connectivity index (χ2v) is 2.72. The van der Waals surface area contributed by atoms with E-state index in [4.69, 9.17) is 4.42 Å². The largest absolute Gasteiger partial charge is 0.459 e. The summed E-state index contributed by atoms with van der Waals surface area (Å²) in [6.07, 6.45) is 4.93. The van der Waals surface area contributed by atoms with Crippen molar-refractivity contribution in [3.05, 3.63) is 48.7 Å². The molecule has 2 aromatic rings. The Kier molecular flexibility index (Phi) is 2.27. The number of amides is 1. The van der Waals surface area contributed by atoms with Gasteiger partial charge in [0.25, 0.3) is 5.91 Å². The molecule has 0 radical (unpaired) electrons. The van der Waals surface area contributed by atoms with Gasteiger partial charge in [0, 0.05) is 6.07 Å². The average Bonchev–Trinajstić information content (AvgIpc) is 2.72. The van der Waals surface area contributed by atoms with Crippen LogP contribution in [0.4, 0.5) is 5.69 Å². The Morgan fingerprint density at radius 2 is 2.29 bits per heavy atom. The van der Waals surface area contributed by atoms with Crippen LogP contribution in [0.2, 0.25) is 0 Å².